The first-order valence-electron chi connectivity index (χ1n) is 11.9. The third-order valence-corrected chi connectivity index (χ3v) is 7.64. The molecule has 0 saturated carbocycles. The molecule has 2 aliphatic heterocycles. The van der Waals surface area contributed by atoms with Crippen molar-refractivity contribution in [2.75, 3.05) is 0 Å². The molecule has 1 aromatic rings. The van der Waals surface area contributed by atoms with E-state index in [2.05, 4.69) is 19.9 Å². The van der Waals surface area contributed by atoms with Crippen molar-refractivity contribution in [3.8, 4) is 0 Å². The van der Waals surface area contributed by atoms with Crippen LogP contribution in [-0.4, -0.2) is 44.1 Å². The molecule has 3 aliphatic rings. The van der Waals surface area contributed by atoms with E-state index < -0.39 is 11.3 Å². The molecule has 174 valence electrons. The topological polar surface area (TPSA) is 73.3 Å². The van der Waals surface area contributed by atoms with Crippen molar-refractivity contribution in [1.29, 1.82) is 0 Å². The van der Waals surface area contributed by atoms with Crippen LogP contribution < -0.4 is 0 Å². The second kappa shape index (κ2) is 8.44. The second-order valence-corrected chi connectivity index (χ2v) is 10.5. The summed E-state index contributed by atoms with van der Waals surface area (Å²) in [7, 11) is 0. The van der Waals surface area contributed by atoms with Gasteiger partial charge in [0, 0.05) is 18.5 Å². The molecule has 0 bridgehead atoms. The maximum atomic E-state index is 13.3. The van der Waals surface area contributed by atoms with Gasteiger partial charge in [0.2, 0.25) is 0 Å². The van der Waals surface area contributed by atoms with Crippen LogP contribution in [0.2, 0.25) is 0 Å². The number of aliphatic hydroxyl groups is 2. The Morgan fingerprint density at radius 3 is 2.53 bits per heavy atom. The minimum Gasteiger partial charge on any atom is -0.390 e. The van der Waals surface area contributed by atoms with E-state index in [0.29, 0.717) is 25.0 Å². The number of carbonyl (C=O) groups excluding carboxylic acids is 1. The number of benzene rings is 1. The van der Waals surface area contributed by atoms with Gasteiger partial charge in [0.15, 0.2) is 5.72 Å². The van der Waals surface area contributed by atoms with E-state index in [4.69, 9.17) is 4.74 Å². The first kappa shape index (κ1) is 23.2. The van der Waals surface area contributed by atoms with Gasteiger partial charge < -0.3 is 19.8 Å². The molecule has 2 heterocycles. The Morgan fingerprint density at radius 2 is 1.81 bits per heavy atom. The number of carbonyl (C=O) groups is 1. The van der Waals surface area contributed by atoms with E-state index in [9.17, 15) is 15.0 Å². The maximum Gasteiger partial charge on any atom is 0.252 e. The van der Waals surface area contributed by atoms with Crippen LogP contribution in [0, 0.1) is 0 Å². The van der Waals surface area contributed by atoms with E-state index in [1.165, 1.54) is 5.57 Å². The summed E-state index contributed by atoms with van der Waals surface area (Å²) in [5.41, 5.74) is 0.832. The molecule has 0 spiro atoms. The molecule has 1 fully saturated rings. The first-order chi connectivity index (χ1) is 15.0. The molecule has 5 nitrogen and oxygen atoms in total. The molecule has 0 aromatic heterocycles. The molecular weight excluding hydrogens is 402 g/mol. The summed E-state index contributed by atoms with van der Waals surface area (Å²) in [6.07, 6.45) is 7.08. The van der Waals surface area contributed by atoms with E-state index in [-0.39, 0.29) is 24.0 Å². The van der Waals surface area contributed by atoms with Crippen LogP contribution in [0.25, 0.3) is 0 Å². The molecule has 32 heavy (non-hydrogen) atoms. The zero-order valence-electron chi connectivity index (χ0n) is 19.9. The Labute approximate surface area is 191 Å². The van der Waals surface area contributed by atoms with Gasteiger partial charge in [-0.25, -0.2) is 0 Å². The number of allylic oxidation sites excluding steroid dienone is 2. The Kier molecular flexibility index (Phi) is 6.12. The van der Waals surface area contributed by atoms with Crippen LogP contribution >= 0.6 is 0 Å². The average Bonchev–Trinajstić information content (AvgIpc) is 3.35. The molecule has 4 atom stereocenters. The van der Waals surface area contributed by atoms with Crippen LogP contribution in [0.4, 0.5) is 0 Å². The van der Waals surface area contributed by atoms with E-state index in [1.807, 2.05) is 37.3 Å². The van der Waals surface area contributed by atoms with Crippen LogP contribution in [0.1, 0.15) is 78.2 Å². The highest BCUT2D eigenvalue weighted by Crippen LogP contribution is 2.47. The molecule has 5 heteroatoms. The number of hydrogen-bond donors (Lipinski definition) is 2. The van der Waals surface area contributed by atoms with E-state index >= 15 is 0 Å². The molecule has 0 radical (unpaired) electrons. The normalized spacial score (nSPS) is 37.9. The van der Waals surface area contributed by atoms with Crippen LogP contribution in [0.3, 0.4) is 0 Å². The van der Waals surface area contributed by atoms with E-state index in [1.54, 1.807) is 11.8 Å². The molecule has 2 N–H and O–H groups in total. The van der Waals surface area contributed by atoms with Crippen molar-refractivity contribution in [3.05, 3.63) is 58.7 Å². The number of rotatable bonds is 2. The maximum absolute atomic E-state index is 13.3. The van der Waals surface area contributed by atoms with Gasteiger partial charge in [-0.3, -0.25) is 4.79 Å². The van der Waals surface area contributed by atoms with Crippen molar-refractivity contribution in [1.82, 2.24) is 4.90 Å². The highest BCUT2D eigenvalue weighted by Gasteiger charge is 2.54. The monoisotopic (exact) mass is 439 g/mol. The summed E-state index contributed by atoms with van der Waals surface area (Å²) in [4.78, 5) is 14.9. The summed E-state index contributed by atoms with van der Waals surface area (Å²) < 4.78 is 5.98. The van der Waals surface area contributed by atoms with Crippen molar-refractivity contribution in [3.63, 3.8) is 0 Å². The standard InChI is InChI=1S/C27H37NO4/c1-19-9-8-15-26(4)23(32-26)14-16-25(3,30)18-27(31)22(13-12-19)20(2)24(29)28(27)17-21-10-6-5-7-11-21/h5-7,9-11,23,30-31H,8,12-18H2,1-4H3/b19-9+/t23-,25-,26+,27?/m1/s1. The fourth-order valence-corrected chi connectivity index (χ4v) is 5.49. The van der Waals surface area contributed by atoms with Gasteiger partial charge in [-0.15, -0.1) is 0 Å². The molecule has 1 saturated heterocycles. The summed E-state index contributed by atoms with van der Waals surface area (Å²) in [6.45, 7) is 8.16. The van der Waals surface area contributed by atoms with Crippen LogP contribution in [0.15, 0.2) is 53.1 Å². The van der Waals surface area contributed by atoms with Gasteiger partial charge in [-0.1, -0.05) is 42.0 Å². The number of amides is 1. The van der Waals surface area contributed by atoms with Gasteiger partial charge >= 0.3 is 0 Å². The third kappa shape index (κ3) is 4.57. The van der Waals surface area contributed by atoms with Crippen molar-refractivity contribution in [2.24, 2.45) is 0 Å². The Hall–Kier alpha value is -1.95. The number of nitrogens with zero attached hydrogens (tertiary/aromatic N) is 1. The fourth-order valence-electron chi connectivity index (χ4n) is 5.49. The third-order valence-electron chi connectivity index (χ3n) is 7.64. The van der Waals surface area contributed by atoms with Crippen LogP contribution in [0.5, 0.6) is 0 Å². The van der Waals surface area contributed by atoms with Crippen molar-refractivity contribution >= 4 is 5.91 Å². The fraction of sp³-hybridized carbons (Fsp3) is 0.593. The molecular formula is C27H37NO4. The predicted molar refractivity (Wildman–Crippen MR) is 125 cm³/mol. The smallest absolute Gasteiger partial charge is 0.252 e. The zero-order chi connectivity index (χ0) is 23.1. The largest absolute Gasteiger partial charge is 0.390 e. The predicted octanol–water partition coefficient (Wildman–Crippen LogP) is 4.63. The highest BCUT2D eigenvalue weighted by atomic mass is 16.6. The number of ether oxygens (including phenoxy) is 1. The van der Waals surface area contributed by atoms with Gasteiger partial charge in [-0.05, 0) is 77.4 Å². The summed E-state index contributed by atoms with van der Waals surface area (Å²) in [5, 5.41) is 23.4. The van der Waals surface area contributed by atoms with Crippen molar-refractivity contribution in [2.45, 2.75) is 102 Å². The lowest BCUT2D eigenvalue weighted by Gasteiger charge is -2.41. The molecule has 1 unspecified atom stereocenters. The molecule has 1 amide bonds. The summed E-state index contributed by atoms with van der Waals surface area (Å²) >= 11 is 0. The van der Waals surface area contributed by atoms with Crippen LogP contribution in [-0.2, 0) is 16.1 Å². The van der Waals surface area contributed by atoms with E-state index in [0.717, 1.165) is 36.8 Å². The Bertz CT molecular complexity index is 934. The number of hydrogen-bond acceptors (Lipinski definition) is 4. The minimum atomic E-state index is -1.50. The second-order valence-electron chi connectivity index (χ2n) is 10.5. The molecule has 4 rings (SSSR count). The quantitative estimate of drug-likeness (QED) is 0.520. The SMILES string of the molecule is CC1=C2CC/C(C)=C/CC[C@]3(C)O[C@@H]3CC[C@@](C)(O)CC2(O)N(Cc2ccccc2)C1=O. The summed E-state index contributed by atoms with van der Waals surface area (Å²) in [6, 6.07) is 9.73. The Balaban J connectivity index is 1.67. The lowest BCUT2D eigenvalue weighted by molar-refractivity contribution is -0.155. The lowest BCUT2D eigenvalue weighted by Crippen LogP contribution is -2.52. The minimum absolute atomic E-state index is 0.0947. The first-order valence-corrected chi connectivity index (χ1v) is 11.9. The average molecular weight is 440 g/mol. The number of fused-ring (bicyclic) bond motifs is 2. The Morgan fingerprint density at radius 1 is 1.09 bits per heavy atom. The summed E-state index contributed by atoms with van der Waals surface area (Å²) in [5.74, 6) is -0.147. The van der Waals surface area contributed by atoms with Gasteiger partial charge in [0.25, 0.3) is 5.91 Å². The van der Waals surface area contributed by atoms with Gasteiger partial charge in [0.05, 0.1) is 17.3 Å². The van der Waals surface area contributed by atoms with Gasteiger partial charge in [-0.2, -0.15) is 0 Å². The molecule has 1 aliphatic carbocycles. The highest BCUT2D eigenvalue weighted by molar-refractivity contribution is 5.97. The zero-order valence-corrected chi connectivity index (χ0v) is 19.9. The van der Waals surface area contributed by atoms with Crippen molar-refractivity contribution < 1.29 is 19.7 Å². The number of epoxide rings is 1. The van der Waals surface area contributed by atoms with Gasteiger partial charge in [0.1, 0.15) is 0 Å². The molecule has 1 aromatic carbocycles. The lowest BCUT2D eigenvalue weighted by atomic mass is 9.82.